The number of para-hydroxylation sites is 1. The highest BCUT2D eigenvalue weighted by molar-refractivity contribution is 5.71. The third-order valence-electron chi connectivity index (χ3n) is 3.54. The van der Waals surface area contributed by atoms with Crippen LogP contribution in [0.25, 0.3) is 11.1 Å². The van der Waals surface area contributed by atoms with Gasteiger partial charge >= 0.3 is 6.18 Å². The van der Waals surface area contributed by atoms with Crippen molar-refractivity contribution in [2.45, 2.75) is 31.9 Å². The molecule has 0 N–H and O–H groups in total. The predicted octanol–water partition coefficient (Wildman–Crippen LogP) is 6.15. The van der Waals surface area contributed by atoms with E-state index in [1.54, 1.807) is 24.3 Å². The summed E-state index contributed by atoms with van der Waals surface area (Å²) in [6.45, 7) is 4.34. The highest BCUT2D eigenvalue weighted by atomic mass is 19.4. The maximum absolute atomic E-state index is 12.9. The molecule has 0 atom stereocenters. The summed E-state index contributed by atoms with van der Waals surface area (Å²) in [6.07, 6.45) is -0.443. The Kier molecular flexibility index (Phi) is 6.08. The van der Waals surface area contributed by atoms with Crippen LogP contribution in [0.2, 0.25) is 0 Å². The highest BCUT2D eigenvalue weighted by Crippen LogP contribution is 2.35. The lowest BCUT2D eigenvalue weighted by molar-refractivity contribution is -0.137. The normalized spacial score (nSPS) is 11.5. The minimum atomic E-state index is -4.35. The average molecular weight is 321 g/mol. The molecule has 123 valence electrons. The van der Waals surface area contributed by atoms with Crippen molar-refractivity contribution in [3.8, 4) is 16.9 Å². The second-order valence-electron chi connectivity index (χ2n) is 5.34. The quantitative estimate of drug-likeness (QED) is 0.556. The SMILES string of the molecule is [CH2]CCCCCOc1ccccc1-c1cccc(C(F)(F)F)c1. The molecule has 0 amide bonds. The topological polar surface area (TPSA) is 9.23 Å². The third kappa shape index (κ3) is 5.02. The van der Waals surface area contributed by atoms with Crippen LogP contribution in [-0.4, -0.2) is 6.61 Å². The van der Waals surface area contributed by atoms with Gasteiger partial charge < -0.3 is 4.74 Å². The van der Waals surface area contributed by atoms with Gasteiger partial charge in [-0.3, -0.25) is 0 Å². The molecule has 0 aliphatic heterocycles. The van der Waals surface area contributed by atoms with Gasteiger partial charge in [0.25, 0.3) is 0 Å². The zero-order valence-corrected chi connectivity index (χ0v) is 12.9. The fraction of sp³-hybridized carbons (Fsp3) is 0.316. The second kappa shape index (κ2) is 8.04. The molecule has 23 heavy (non-hydrogen) atoms. The fourth-order valence-electron chi connectivity index (χ4n) is 2.33. The van der Waals surface area contributed by atoms with Gasteiger partial charge in [-0.25, -0.2) is 0 Å². The lowest BCUT2D eigenvalue weighted by atomic mass is 10.0. The smallest absolute Gasteiger partial charge is 0.416 e. The van der Waals surface area contributed by atoms with Crippen molar-refractivity contribution in [3.63, 3.8) is 0 Å². The summed E-state index contributed by atoms with van der Waals surface area (Å²) >= 11 is 0. The molecule has 0 saturated heterocycles. The van der Waals surface area contributed by atoms with E-state index in [4.69, 9.17) is 4.74 Å². The summed E-state index contributed by atoms with van der Waals surface area (Å²) in [5, 5.41) is 0. The summed E-state index contributed by atoms with van der Waals surface area (Å²) in [6, 6.07) is 12.5. The third-order valence-corrected chi connectivity index (χ3v) is 3.54. The monoisotopic (exact) mass is 321 g/mol. The summed E-state index contributed by atoms with van der Waals surface area (Å²) in [4.78, 5) is 0. The van der Waals surface area contributed by atoms with E-state index in [1.165, 1.54) is 6.07 Å². The first-order chi connectivity index (χ1) is 11.0. The summed E-state index contributed by atoms with van der Waals surface area (Å²) in [5.74, 6) is 0.612. The molecule has 1 radical (unpaired) electrons. The first-order valence-corrected chi connectivity index (χ1v) is 7.71. The van der Waals surface area contributed by atoms with Gasteiger partial charge in [0, 0.05) is 5.56 Å². The van der Waals surface area contributed by atoms with Crippen molar-refractivity contribution in [1.82, 2.24) is 0 Å². The molecule has 2 rings (SSSR count). The van der Waals surface area contributed by atoms with E-state index in [0.717, 1.165) is 37.8 Å². The average Bonchev–Trinajstić information content (AvgIpc) is 2.54. The largest absolute Gasteiger partial charge is 0.493 e. The molecular formula is C19H20F3O. The molecule has 2 aromatic rings. The molecule has 0 bridgehead atoms. The van der Waals surface area contributed by atoms with Gasteiger partial charge in [-0.05, 0) is 30.2 Å². The first-order valence-electron chi connectivity index (χ1n) is 7.71. The van der Waals surface area contributed by atoms with Crippen LogP contribution in [0.5, 0.6) is 5.75 Å². The van der Waals surface area contributed by atoms with Crippen molar-refractivity contribution in [2.75, 3.05) is 6.61 Å². The number of ether oxygens (including phenoxy) is 1. The summed E-state index contributed by atoms with van der Waals surface area (Å²) < 4.78 is 44.4. The number of halogens is 3. The summed E-state index contributed by atoms with van der Waals surface area (Å²) in [7, 11) is 0. The Morgan fingerprint density at radius 3 is 2.43 bits per heavy atom. The number of rotatable bonds is 7. The van der Waals surface area contributed by atoms with Crippen LogP contribution in [0, 0.1) is 6.92 Å². The Hall–Kier alpha value is -1.97. The highest BCUT2D eigenvalue weighted by Gasteiger charge is 2.30. The molecule has 2 aromatic carbocycles. The number of benzene rings is 2. The number of hydrogen-bond acceptors (Lipinski definition) is 1. The van der Waals surface area contributed by atoms with E-state index < -0.39 is 11.7 Å². The van der Waals surface area contributed by atoms with Crippen LogP contribution in [0.3, 0.4) is 0 Å². The van der Waals surface area contributed by atoms with Crippen LogP contribution >= 0.6 is 0 Å². The first kappa shape index (κ1) is 17.4. The minimum Gasteiger partial charge on any atom is -0.493 e. The molecule has 0 saturated carbocycles. The Balaban J connectivity index is 2.17. The van der Waals surface area contributed by atoms with Crippen molar-refractivity contribution >= 4 is 0 Å². The van der Waals surface area contributed by atoms with Crippen LogP contribution in [-0.2, 0) is 6.18 Å². The van der Waals surface area contributed by atoms with E-state index in [9.17, 15) is 13.2 Å². The van der Waals surface area contributed by atoms with Crippen LogP contribution in [0.15, 0.2) is 48.5 Å². The Morgan fingerprint density at radius 2 is 1.70 bits per heavy atom. The summed E-state index contributed by atoms with van der Waals surface area (Å²) in [5.41, 5.74) is 0.532. The van der Waals surface area contributed by atoms with Gasteiger partial charge in [0.1, 0.15) is 5.75 Å². The zero-order valence-electron chi connectivity index (χ0n) is 12.9. The fourth-order valence-corrected chi connectivity index (χ4v) is 2.33. The second-order valence-corrected chi connectivity index (χ2v) is 5.34. The Labute approximate surface area is 135 Å². The van der Waals surface area contributed by atoms with E-state index >= 15 is 0 Å². The van der Waals surface area contributed by atoms with Crippen LogP contribution in [0.1, 0.15) is 31.2 Å². The number of unbranched alkanes of at least 4 members (excludes halogenated alkanes) is 3. The van der Waals surface area contributed by atoms with Gasteiger partial charge in [0.15, 0.2) is 0 Å². The maximum Gasteiger partial charge on any atom is 0.416 e. The lowest BCUT2D eigenvalue weighted by Gasteiger charge is -2.13. The van der Waals surface area contributed by atoms with E-state index in [-0.39, 0.29) is 0 Å². The van der Waals surface area contributed by atoms with E-state index in [0.29, 0.717) is 23.5 Å². The van der Waals surface area contributed by atoms with Crippen molar-refractivity contribution < 1.29 is 17.9 Å². The van der Waals surface area contributed by atoms with Gasteiger partial charge in [-0.2, -0.15) is 13.2 Å². The molecule has 0 fully saturated rings. The van der Waals surface area contributed by atoms with Gasteiger partial charge in [0.2, 0.25) is 0 Å². The number of alkyl halides is 3. The molecule has 4 heteroatoms. The molecular weight excluding hydrogens is 301 g/mol. The molecule has 0 aliphatic carbocycles. The van der Waals surface area contributed by atoms with Crippen molar-refractivity contribution in [1.29, 1.82) is 0 Å². The molecule has 0 spiro atoms. The van der Waals surface area contributed by atoms with E-state index in [2.05, 4.69) is 6.92 Å². The predicted molar refractivity (Wildman–Crippen MR) is 86.2 cm³/mol. The van der Waals surface area contributed by atoms with Crippen molar-refractivity contribution in [3.05, 3.63) is 61.0 Å². The van der Waals surface area contributed by atoms with E-state index in [1.807, 2.05) is 6.07 Å². The van der Waals surface area contributed by atoms with Gasteiger partial charge in [-0.15, -0.1) is 0 Å². The van der Waals surface area contributed by atoms with Crippen molar-refractivity contribution in [2.24, 2.45) is 0 Å². The molecule has 0 aromatic heterocycles. The van der Waals surface area contributed by atoms with Crippen LogP contribution < -0.4 is 4.74 Å². The van der Waals surface area contributed by atoms with Gasteiger partial charge in [0.05, 0.1) is 12.2 Å². The lowest BCUT2D eigenvalue weighted by Crippen LogP contribution is -2.04. The molecule has 0 unspecified atom stereocenters. The Bertz CT molecular complexity index is 620. The molecule has 0 aliphatic rings. The van der Waals surface area contributed by atoms with Crippen LogP contribution in [0.4, 0.5) is 13.2 Å². The van der Waals surface area contributed by atoms with Gasteiger partial charge in [-0.1, -0.05) is 56.5 Å². The molecule has 1 nitrogen and oxygen atoms in total. The Morgan fingerprint density at radius 1 is 0.913 bits per heavy atom. The maximum atomic E-state index is 12.9. The zero-order chi connectivity index (χ0) is 16.7. The minimum absolute atomic E-state index is 0.508. The molecule has 0 heterocycles. The number of hydrogen-bond donors (Lipinski definition) is 0. The standard InChI is InChI=1S/C19H20F3O/c1-2-3-4-7-13-23-18-12-6-5-11-17(18)15-9-8-10-16(14-15)19(20,21)22/h5-6,8-12,14H,1-4,7,13H2.